The monoisotopic (exact) mass is 658 g/mol. The largest absolute Gasteiger partial charge is 0.510 e. The van der Waals surface area contributed by atoms with E-state index >= 15 is 0 Å². The number of methoxy groups -OCH3 is 1. The van der Waals surface area contributed by atoms with Gasteiger partial charge in [-0.2, -0.15) is 0 Å². The first kappa shape index (κ1) is 33.4. The van der Waals surface area contributed by atoms with Crippen molar-refractivity contribution in [3.63, 3.8) is 0 Å². The smallest absolute Gasteiger partial charge is 0.279 e. The lowest BCUT2D eigenvalue weighted by atomic mass is 10.1. The van der Waals surface area contributed by atoms with Gasteiger partial charge in [-0.1, -0.05) is 53.5 Å². The number of hydrogen-bond donors (Lipinski definition) is 4. The number of nitrogens with one attached hydrogen (secondary N) is 2. The van der Waals surface area contributed by atoms with Crippen molar-refractivity contribution < 1.29 is 24.5 Å². The number of aliphatic hydroxyl groups is 2. The SMILES string of the molecule is COc1ccc(NC(=O)/C(N=Nc2ccc(-c3ccc(N=N/C(C(=O)Nc4ccccc4)=C(\C)O)c(Cl)c3)cc2Cl)=C(/C)O)cc1. The second-order valence-corrected chi connectivity index (χ2v) is 10.4. The molecule has 4 rings (SSSR count). The van der Waals surface area contributed by atoms with Crippen LogP contribution in [0.1, 0.15) is 13.8 Å². The molecule has 0 aliphatic heterocycles. The molecule has 4 N–H and O–H groups in total. The van der Waals surface area contributed by atoms with E-state index in [1.807, 2.05) is 6.07 Å². The number of allylic oxidation sites excluding steroid dienone is 2. The van der Waals surface area contributed by atoms with Crippen LogP contribution in [0.3, 0.4) is 0 Å². The molecular formula is C33H28Cl2N6O5. The molecule has 11 nitrogen and oxygen atoms in total. The summed E-state index contributed by atoms with van der Waals surface area (Å²) in [6.45, 7) is 2.65. The maximum Gasteiger partial charge on any atom is 0.279 e. The van der Waals surface area contributed by atoms with Crippen molar-refractivity contribution in [2.75, 3.05) is 17.7 Å². The summed E-state index contributed by atoms with van der Waals surface area (Å²) in [7, 11) is 1.53. The third-order valence-corrected chi connectivity index (χ3v) is 6.84. The quantitative estimate of drug-likeness (QED) is 0.0757. The van der Waals surface area contributed by atoms with Gasteiger partial charge in [0.05, 0.1) is 17.2 Å². The Morgan fingerprint density at radius 1 is 0.652 bits per heavy atom. The number of amides is 2. The van der Waals surface area contributed by atoms with Gasteiger partial charge in [0.1, 0.15) is 28.6 Å². The van der Waals surface area contributed by atoms with Gasteiger partial charge in [0.2, 0.25) is 0 Å². The molecule has 0 bridgehead atoms. The number of para-hydroxylation sites is 1. The van der Waals surface area contributed by atoms with Crippen molar-refractivity contribution in [1.82, 2.24) is 0 Å². The number of benzene rings is 4. The number of rotatable bonds is 10. The number of hydrogen-bond acceptors (Lipinski definition) is 9. The average molecular weight is 660 g/mol. The molecule has 4 aromatic rings. The van der Waals surface area contributed by atoms with E-state index in [0.717, 1.165) is 0 Å². The number of carbonyl (C=O) groups is 2. The summed E-state index contributed by atoms with van der Waals surface area (Å²) in [6, 6.07) is 25.3. The fraction of sp³-hybridized carbons (Fsp3) is 0.0909. The summed E-state index contributed by atoms with van der Waals surface area (Å²) in [6.07, 6.45) is 0. The Hall–Kier alpha value is -5.52. The Kier molecular flexibility index (Phi) is 11.2. The lowest BCUT2D eigenvalue weighted by Gasteiger charge is -2.08. The number of nitrogens with zero attached hydrogens (tertiary/aromatic N) is 4. The van der Waals surface area contributed by atoms with Gasteiger partial charge < -0.3 is 25.6 Å². The zero-order valence-corrected chi connectivity index (χ0v) is 26.3. The molecule has 4 aromatic carbocycles. The summed E-state index contributed by atoms with van der Waals surface area (Å²) in [5.41, 5.74) is 2.34. The van der Waals surface area contributed by atoms with Gasteiger partial charge >= 0.3 is 0 Å². The van der Waals surface area contributed by atoms with E-state index in [0.29, 0.717) is 28.3 Å². The van der Waals surface area contributed by atoms with Crippen molar-refractivity contribution >= 4 is 57.8 Å². The topological polar surface area (TPSA) is 157 Å². The van der Waals surface area contributed by atoms with Crippen LogP contribution in [0.25, 0.3) is 11.1 Å². The second kappa shape index (κ2) is 15.5. The van der Waals surface area contributed by atoms with Gasteiger partial charge in [-0.25, -0.2) is 0 Å². The minimum absolute atomic E-state index is 0.226. The van der Waals surface area contributed by atoms with E-state index in [9.17, 15) is 19.8 Å². The van der Waals surface area contributed by atoms with E-state index in [1.165, 1.54) is 21.0 Å². The van der Waals surface area contributed by atoms with Crippen LogP contribution in [0.15, 0.2) is 134 Å². The van der Waals surface area contributed by atoms with Crippen molar-refractivity contribution in [3.8, 4) is 16.9 Å². The highest BCUT2D eigenvalue weighted by molar-refractivity contribution is 6.34. The van der Waals surface area contributed by atoms with E-state index < -0.39 is 11.8 Å². The third kappa shape index (κ3) is 8.78. The predicted octanol–water partition coefficient (Wildman–Crippen LogP) is 9.69. The van der Waals surface area contributed by atoms with Crippen molar-refractivity contribution in [2.24, 2.45) is 20.5 Å². The summed E-state index contributed by atoms with van der Waals surface area (Å²) in [4.78, 5) is 25.4. The van der Waals surface area contributed by atoms with E-state index in [-0.39, 0.29) is 44.3 Å². The lowest BCUT2D eigenvalue weighted by molar-refractivity contribution is -0.113. The maximum atomic E-state index is 12.7. The van der Waals surface area contributed by atoms with Crippen LogP contribution in [0, 0.1) is 0 Å². The standard InChI is InChI=1S/C33H28Cl2N6O5/c1-19(42)30(32(44)36-23-7-5-4-6-8-23)40-38-28-15-9-21(17-26(28)34)22-10-16-29(27(35)18-22)39-41-31(20(2)43)33(45)37-24-11-13-25(46-3)14-12-24/h4-18,42-43H,1-3H3,(H,36,44)(H,37,45)/b30-19+,31-20+,40-38?,41-39?. The highest BCUT2D eigenvalue weighted by atomic mass is 35.5. The first-order valence-corrected chi connectivity index (χ1v) is 14.4. The fourth-order valence-corrected chi connectivity index (χ4v) is 4.32. The van der Waals surface area contributed by atoms with Crippen LogP contribution >= 0.6 is 23.2 Å². The zero-order valence-electron chi connectivity index (χ0n) is 24.8. The summed E-state index contributed by atoms with van der Waals surface area (Å²) in [5.74, 6) is -1.32. The molecule has 0 saturated carbocycles. The molecule has 0 aliphatic carbocycles. The van der Waals surface area contributed by atoms with Crippen molar-refractivity contribution in [2.45, 2.75) is 13.8 Å². The number of anilines is 2. The number of aliphatic hydroxyl groups excluding tert-OH is 2. The van der Waals surface area contributed by atoms with E-state index in [2.05, 4.69) is 31.1 Å². The van der Waals surface area contributed by atoms with E-state index in [1.54, 1.807) is 84.9 Å². The Morgan fingerprint density at radius 3 is 1.48 bits per heavy atom. The van der Waals surface area contributed by atoms with Crippen LogP contribution in [0.2, 0.25) is 10.0 Å². The number of carbonyl (C=O) groups excluding carboxylic acids is 2. The predicted molar refractivity (Wildman–Crippen MR) is 178 cm³/mol. The van der Waals surface area contributed by atoms with E-state index in [4.69, 9.17) is 27.9 Å². The van der Waals surface area contributed by atoms with Crippen LogP contribution in [0.4, 0.5) is 22.7 Å². The summed E-state index contributed by atoms with van der Waals surface area (Å²) in [5, 5.41) is 41.8. The summed E-state index contributed by atoms with van der Waals surface area (Å²) >= 11 is 12.9. The second-order valence-electron chi connectivity index (χ2n) is 9.60. The molecule has 0 radical (unpaired) electrons. The summed E-state index contributed by atoms with van der Waals surface area (Å²) < 4.78 is 5.11. The first-order chi connectivity index (χ1) is 22.0. The molecule has 0 aromatic heterocycles. The Labute approximate surface area is 274 Å². The molecule has 46 heavy (non-hydrogen) atoms. The maximum absolute atomic E-state index is 12.7. The fourth-order valence-electron chi connectivity index (χ4n) is 3.88. The minimum Gasteiger partial charge on any atom is -0.510 e. The first-order valence-electron chi connectivity index (χ1n) is 13.6. The van der Waals surface area contributed by atoms with Gasteiger partial charge in [-0.05, 0) is 85.6 Å². The molecule has 13 heteroatoms. The molecule has 0 unspecified atom stereocenters. The highest BCUT2D eigenvalue weighted by Crippen LogP contribution is 2.35. The van der Waals surface area contributed by atoms with Gasteiger partial charge in [-0.3, -0.25) is 9.59 Å². The molecule has 2 amide bonds. The van der Waals surface area contributed by atoms with Crippen LogP contribution in [0.5, 0.6) is 5.75 Å². The Balaban J connectivity index is 1.47. The van der Waals surface area contributed by atoms with Crippen LogP contribution in [-0.4, -0.2) is 29.1 Å². The molecule has 0 saturated heterocycles. The normalized spacial score (nSPS) is 12.5. The van der Waals surface area contributed by atoms with Gasteiger partial charge in [0.25, 0.3) is 11.8 Å². The number of azo groups is 2. The molecule has 0 fully saturated rings. The zero-order chi connectivity index (χ0) is 33.2. The number of halogens is 2. The van der Waals surface area contributed by atoms with Gasteiger partial charge in [0.15, 0.2) is 11.4 Å². The van der Waals surface area contributed by atoms with Gasteiger partial charge in [-0.15, -0.1) is 20.5 Å². The minimum atomic E-state index is -0.665. The average Bonchev–Trinajstić information content (AvgIpc) is 3.03. The van der Waals surface area contributed by atoms with Crippen LogP contribution in [-0.2, 0) is 9.59 Å². The molecule has 234 valence electrons. The van der Waals surface area contributed by atoms with Gasteiger partial charge in [0, 0.05) is 11.4 Å². The molecular weight excluding hydrogens is 631 g/mol. The highest BCUT2D eigenvalue weighted by Gasteiger charge is 2.16. The molecule has 0 aliphatic rings. The lowest BCUT2D eigenvalue weighted by Crippen LogP contribution is -2.14. The van der Waals surface area contributed by atoms with Crippen LogP contribution < -0.4 is 15.4 Å². The number of ether oxygens (including phenoxy) is 1. The molecule has 0 spiro atoms. The molecule has 0 atom stereocenters. The molecule has 0 heterocycles. The third-order valence-electron chi connectivity index (χ3n) is 6.24. The van der Waals surface area contributed by atoms with Crippen molar-refractivity contribution in [3.05, 3.63) is 124 Å². The van der Waals surface area contributed by atoms with Crippen molar-refractivity contribution in [1.29, 1.82) is 0 Å². The Bertz CT molecular complexity index is 1870. The Morgan fingerprint density at radius 2 is 1.09 bits per heavy atom.